The molecule has 108 valence electrons. The summed E-state index contributed by atoms with van der Waals surface area (Å²) in [5.74, 6) is 0.487. The predicted molar refractivity (Wildman–Crippen MR) is 71.6 cm³/mol. The lowest BCUT2D eigenvalue weighted by Crippen LogP contribution is -2.57. The van der Waals surface area contributed by atoms with Crippen LogP contribution in [0.15, 0.2) is 0 Å². The quantitative estimate of drug-likeness (QED) is 0.825. The van der Waals surface area contributed by atoms with Crippen molar-refractivity contribution in [3.05, 3.63) is 0 Å². The summed E-state index contributed by atoms with van der Waals surface area (Å²) in [4.78, 5) is 26.4. The molecule has 2 rings (SSSR count). The van der Waals surface area contributed by atoms with E-state index in [9.17, 15) is 9.59 Å². The molecular weight excluding hydrogens is 244 g/mol. The van der Waals surface area contributed by atoms with Gasteiger partial charge in [-0.15, -0.1) is 0 Å². The lowest BCUT2D eigenvalue weighted by atomic mass is 9.91. The molecule has 1 unspecified atom stereocenters. The van der Waals surface area contributed by atoms with Gasteiger partial charge in [-0.05, 0) is 19.3 Å². The van der Waals surface area contributed by atoms with E-state index in [1.54, 1.807) is 0 Å². The molecule has 0 bridgehead atoms. The van der Waals surface area contributed by atoms with Crippen molar-refractivity contribution in [2.24, 2.45) is 5.92 Å². The van der Waals surface area contributed by atoms with Gasteiger partial charge in [0.15, 0.2) is 0 Å². The maximum atomic E-state index is 12.7. The summed E-state index contributed by atoms with van der Waals surface area (Å²) in [6, 6.07) is 0. The van der Waals surface area contributed by atoms with E-state index < -0.39 is 5.54 Å². The van der Waals surface area contributed by atoms with E-state index >= 15 is 0 Å². The number of nitrogens with zero attached hydrogens (tertiary/aromatic N) is 1. The summed E-state index contributed by atoms with van der Waals surface area (Å²) in [5.41, 5.74) is -0.701. The van der Waals surface area contributed by atoms with E-state index in [-0.39, 0.29) is 11.8 Å². The second kappa shape index (κ2) is 5.90. The summed E-state index contributed by atoms with van der Waals surface area (Å²) < 4.78 is 5.37. The zero-order valence-corrected chi connectivity index (χ0v) is 11.9. The highest BCUT2D eigenvalue weighted by molar-refractivity contribution is 5.93. The molecule has 1 atom stereocenters. The monoisotopic (exact) mass is 268 g/mol. The summed E-state index contributed by atoms with van der Waals surface area (Å²) in [6.45, 7) is 6.69. The molecule has 0 spiro atoms. The van der Waals surface area contributed by atoms with Crippen LogP contribution < -0.4 is 5.32 Å². The first-order chi connectivity index (χ1) is 9.11. The summed E-state index contributed by atoms with van der Waals surface area (Å²) in [7, 11) is 0. The van der Waals surface area contributed by atoms with Crippen LogP contribution in [0.5, 0.6) is 0 Å². The number of hydrogen-bond donors (Lipinski definition) is 1. The smallest absolute Gasteiger partial charge is 0.248 e. The Morgan fingerprint density at radius 3 is 2.68 bits per heavy atom. The highest BCUT2D eigenvalue weighted by Gasteiger charge is 2.42. The van der Waals surface area contributed by atoms with Crippen LogP contribution in [0.3, 0.4) is 0 Å². The zero-order chi connectivity index (χ0) is 13.9. The summed E-state index contributed by atoms with van der Waals surface area (Å²) in [5, 5.41) is 2.93. The van der Waals surface area contributed by atoms with E-state index in [4.69, 9.17) is 4.74 Å². The number of amides is 2. The van der Waals surface area contributed by atoms with Crippen molar-refractivity contribution in [2.75, 3.05) is 26.3 Å². The Morgan fingerprint density at radius 1 is 1.37 bits per heavy atom. The van der Waals surface area contributed by atoms with E-state index in [0.717, 1.165) is 26.2 Å². The average molecular weight is 268 g/mol. The van der Waals surface area contributed by atoms with Crippen molar-refractivity contribution < 1.29 is 14.3 Å². The van der Waals surface area contributed by atoms with Gasteiger partial charge >= 0.3 is 0 Å². The lowest BCUT2D eigenvalue weighted by molar-refractivity contribution is -0.139. The second-order valence-corrected chi connectivity index (χ2v) is 5.57. The standard InChI is InChI=1S/C14H24N2O3/c1-3-14(4-2)13(18)16(7-5-12(17)15-14)9-11-6-8-19-10-11/h11H,3-10H2,1-2H3,(H,15,17). The molecule has 0 aliphatic carbocycles. The van der Waals surface area contributed by atoms with Crippen LogP contribution in [-0.2, 0) is 14.3 Å². The van der Waals surface area contributed by atoms with Crippen LogP contribution >= 0.6 is 0 Å². The predicted octanol–water partition coefficient (Wildman–Crippen LogP) is 0.930. The van der Waals surface area contributed by atoms with E-state index in [0.29, 0.717) is 31.7 Å². The number of carbonyl (C=O) groups excluding carboxylic acids is 2. The van der Waals surface area contributed by atoms with Crippen molar-refractivity contribution in [3.8, 4) is 0 Å². The Balaban J connectivity index is 2.13. The Labute approximate surface area is 114 Å². The molecule has 5 heteroatoms. The fraction of sp³-hybridized carbons (Fsp3) is 0.857. The van der Waals surface area contributed by atoms with Gasteiger partial charge in [0.25, 0.3) is 0 Å². The molecule has 2 saturated heterocycles. The Kier molecular flexibility index (Phi) is 4.45. The van der Waals surface area contributed by atoms with Crippen LogP contribution in [0.25, 0.3) is 0 Å². The largest absolute Gasteiger partial charge is 0.381 e. The molecule has 2 fully saturated rings. The van der Waals surface area contributed by atoms with Crippen molar-refractivity contribution in [2.45, 2.75) is 45.1 Å². The van der Waals surface area contributed by atoms with Crippen LogP contribution in [0.4, 0.5) is 0 Å². The summed E-state index contributed by atoms with van der Waals surface area (Å²) >= 11 is 0. The maximum Gasteiger partial charge on any atom is 0.248 e. The first kappa shape index (κ1) is 14.3. The molecule has 5 nitrogen and oxygen atoms in total. The van der Waals surface area contributed by atoms with Gasteiger partial charge in [0.2, 0.25) is 11.8 Å². The normalized spacial score (nSPS) is 27.3. The number of nitrogens with one attached hydrogen (secondary N) is 1. The molecule has 0 aromatic heterocycles. The van der Waals surface area contributed by atoms with Gasteiger partial charge in [-0.1, -0.05) is 13.8 Å². The van der Waals surface area contributed by atoms with Gasteiger partial charge in [-0.2, -0.15) is 0 Å². The minimum atomic E-state index is -0.701. The van der Waals surface area contributed by atoms with E-state index in [1.165, 1.54) is 0 Å². The Bertz CT molecular complexity index is 347. The third-order valence-corrected chi connectivity index (χ3v) is 4.39. The molecule has 0 saturated carbocycles. The van der Waals surface area contributed by atoms with Gasteiger partial charge < -0.3 is 15.0 Å². The first-order valence-corrected chi connectivity index (χ1v) is 7.29. The SMILES string of the molecule is CCC1(CC)NC(=O)CCN(CC2CCOC2)C1=O. The minimum Gasteiger partial charge on any atom is -0.381 e. The van der Waals surface area contributed by atoms with Crippen molar-refractivity contribution in [1.29, 1.82) is 0 Å². The van der Waals surface area contributed by atoms with Gasteiger partial charge in [-0.3, -0.25) is 9.59 Å². The fourth-order valence-electron chi connectivity index (χ4n) is 2.97. The van der Waals surface area contributed by atoms with Crippen LogP contribution in [0.2, 0.25) is 0 Å². The molecule has 2 amide bonds. The zero-order valence-electron chi connectivity index (χ0n) is 11.9. The number of ether oxygens (including phenoxy) is 1. The molecule has 2 aliphatic heterocycles. The van der Waals surface area contributed by atoms with Crippen molar-refractivity contribution in [1.82, 2.24) is 10.2 Å². The van der Waals surface area contributed by atoms with E-state index in [2.05, 4.69) is 5.32 Å². The number of carbonyl (C=O) groups is 2. The average Bonchev–Trinajstić information content (AvgIpc) is 2.89. The number of hydrogen-bond acceptors (Lipinski definition) is 3. The minimum absolute atomic E-state index is 0.0118. The molecule has 0 aromatic rings. The molecular formula is C14H24N2O3. The Hall–Kier alpha value is -1.10. The molecule has 2 heterocycles. The maximum absolute atomic E-state index is 12.7. The van der Waals surface area contributed by atoms with Crippen LogP contribution in [0.1, 0.15) is 39.5 Å². The van der Waals surface area contributed by atoms with Crippen LogP contribution in [-0.4, -0.2) is 48.6 Å². The highest BCUT2D eigenvalue weighted by Crippen LogP contribution is 2.24. The Morgan fingerprint density at radius 2 is 2.11 bits per heavy atom. The molecule has 0 aromatic carbocycles. The number of rotatable bonds is 4. The van der Waals surface area contributed by atoms with Gasteiger partial charge in [-0.25, -0.2) is 0 Å². The fourth-order valence-corrected chi connectivity index (χ4v) is 2.97. The topological polar surface area (TPSA) is 58.6 Å². The van der Waals surface area contributed by atoms with Crippen LogP contribution in [0, 0.1) is 5.92 Å². The van der Waals surface area contributed by atoms with Gasteiger partial charge in [0.05, 0.1) is 6.61 Å². The molecule has 1 N–H and O–H groups in total. The second-order valence-electron chi connectivity index (χ2n) is 5.57. The first-order valence-electron chi connectivity index (χ1n) is 7.29. The third-order valence-electron chi connectivity index (χ3n) is 4.39. The van der Waals surface area contributed by atoms with Gasteiger partial charge in [0, 0.05) is 32.0 Å². The lowest BCUT2D eigenvalue weighted by Gasteiger charge is -2.34. The van der Waals surface area contributed by atoms with Crippen molar-refractivity contribution >= 4 is 11.8 Å². The highest BCUT2D eigenvalue weighted by atomic mass is 16.5. The molecule has 0 radical (unpaired) electrons. The third kappa shape index (κ3) is 2.91. The summed E-state index contributed by atoms with van der Waals surface area (Å²) in [6.07, 6.45) is 2.70. The van der Waals surface area contributed by atoms with Crippen molar-refractivity contribution in [3.63, 3.8) is 0 Å². The van der Waals surface area contributed by atoms with Gasteiger partial charge in [0.1, 0.15) is 5.54 Å². The molecule has 19 heavy (non-hydrogen) atoms. The molecule has 2 aliphatic rings. The van der Waals surface area contributed by atoms with E-state index in [1.807, 2.05) is 18.7 Å².